The van der Waals surface area contributed by atoms with Crippen molar-refractivity contribution in [3.63, 3.8) is 0 Å². The number of piperidine rings is 1. The molecule has 1 aliphatic rings. The first-order valence-electron chi connectivity index (χ1n) is 5.64. The van der Waals surface area contributed by atoms with Gasteiger partial charge in [-0.1, -0.05) is 13.8 Å². The minimum atomic E-state index is -0.909. The predicted molar refractivity (Wildman–Crippen MR) is 59.6 cm³/mol. The van der Waals surface area contributed by atoms with Crippen LogP contribution in [-0.4, -0.2) is 41.1 Å². The molecule has 0 aromatic rings. The number of carbonyl (C=O) groups is 1. The van der Waals surface area contributed by atoms with Gasteiger partial charge >= 0.3 is 5.97 Å². The molecule has 0 radical (unpaired) electrons. The van der Waals surface area contributed by atoms with Crippen LogP contribution in [0, 0.1) is 11.8 Å². The summed E-state index contributed by atoms with van der Waals surface area (Å²) in [5, 5.41) is 8.86. The molecule has 1 aliphatic heterocycles. The van der Waals surface area contributed by atoms with Crippen LogP contribution in [-0.2, 0) is 4.79 Å². The highest BCUT2D eigenvalue weighted by atomic mass is 16.4. The van der Waals surface area contributed by atoms with E-state index in [0.29, 0.717) is 11.8 Å². The van der Waals surface area contributed by atoms with Crippen LogP contribution in [0.5, 0.6) is 0 Å². The Labute approximate surface area is 91.4 Å². The van der Waals surface area contributed by atoms with E-state index in [1.165, 1.54) is 6.42 Å². The summed E-state index contributed by atoms with van der Waals surface area (Å²) in [6.45, 7) is 8.26. The van der Waals surface area contributed by atoms with Gasteiger partial charge in [0.1, 0.15) is 6.04 Å². The lowest BCUT2D eigenvalue weighted by molar-refractivity contribution is -0.140. The summed E-state index contributed by atoms with van der Waals surface area (Å²) in [6.07, 6.45) is 1.23. The maximum Gasteiger partial charge on any atom is 0.322 e. The third-order valence-corrected chi connectivity index (χ3v) is 3.28. The van der Waals surface area contributed by atoms with Crippen molar-refractivity contribution < 1.29 is 9.90 Å². The van der Waals surface area contributed by atoms with Crippen molar-refractivity contribution >= 4 is 5.97 Å². The topological polar surface area (TPSA) is 66.6 Å². The van der Waals surface area contributed by atoms with Crippen molar-refractivity contribution in [2.24, 2.45) is 17.6 Å². The van der Waals surface area contributed by atoms with E-state index >= 15 is 0 Å². The Morgan fingerprint density at radius 1 is 1.40 bits per heavy atom. The van der Waals surface area contributed by atoms with E-state index in [4.69, 9.17) is 10.8 Å². The van der Waals surface area contributed by atoms with Crippen LogP contribution in [0.2, 0.25) is 0 Å². The van der Waals surface area contributed by atoms with Crippen molar-refractivity contribution in [2.75, 3.05) is 13.1 Å². The van der Waals surface area contributed by atoms with E-state index in [-0.39, 0.29) is 6.04 Å². The summed E-state index contributed by atoms with van der Waals surface area (Å²) in [5.41, 5.74) is 5.64. The van der Waals surface area contributed by atoms with Crippen LogP contribution in [0.4, 0.5) is 0 Å². The van der Waals surface area contributed by atoms with Gasteiger partial charge in [0, 0.05) is 19.1 Å². The molecule has 1 fully saturated rings. The number of aliphatic carboxylic acids is 1. The first kappa shape index (κ1) is 12.5. The lowest BCUT2D eigenvalue weighted by Gasteiger charge is -2.39. The highest BCUT2D eigenvalue weighted by molar-refractivity contribution is 5.74. The second-order valence-electron chi connectivity index (χ2n) is 5.00. The third-order valence-electron chi connectivity index (χ3n) is 3.28. The van der Waals surface area contributed by atoms with E-state index in [1.54, 1.807) is 0 Å². The molecule has 0 bridgehead atoms. The van der Waals surface area contributed by atoms with Gasteiger partial charge in [0.2, 0.25) is 0 Å². The Hall–Kier alpha value is -0.610. The molecule has 4 heteroatoms. The fourth-order valence-electron chi connectivity index (χ4n) is 2.48. The molecule has 3 N–H and O–H groups in total. The zero-order valence-electron chi connectivity index (χ0n) is 9.81. The molecule has 88 valence electrons. The summed E-state index contributed by atoms with van der Waals surface area (Å²) in [7, 11) is 0. The lowest BCUT2D eigenvalue weighted by Crippen LogP contribution is -2.54. The Kier molecular flexibility index (Phi) is 4.11. The number of likely N-dealkylation sites (tertiary alicyclic amines) is 1. The summed E-state index contributed by atoms with van der Waals surface area (Å²) in [5.74, 6) is 0.364. The second kappa shape index (κ2) is 4.94. The van der Waals surface area contributed by atoms with Gasteiger partial charge in [-0.15, -0.1) is 0 Å². The highest BCUT2D eigenvalue weighted by Gasteiger charge is 2.30. The molecule has 4 atom stereocenters. The molecule has 0 spiro atoms. The van der Waals surface area contributed by atoms with Gasteiger partial charge < -0.3 is 10.8 Å². The monoisotopic (exact) mass is 214 g/mol. The quantitative estimate of drug-likeness (QED) is 0.728. The Morgan fingerprint density at radius 2 is 1.87 bits per heavy atom. The largest absolute Gasteiger partial charge is 0.480 e. The minimum absolute atomic E-state index is 0.0762. The van der Waals surface area contributed by atoms with E-state index in [2.05, 4.69) is 18.7 Å². The van der Waals surface area contributed by atoms with Crippen molar-refractivity contribution in [1.82, 2.24) is 4.90 Å². The van der Waals surface area contributed by atoms with Gasteiger partial charge in [-0.05, 0) is 25.2 Å². The fraction of sp³-hybridized carbons (Fsp3) is 0.909. The molecule has 1 rings (SSSR count). The maximum absolute atomic E-state index is 10.8. The number of nitrogens with two attached hydrogens (primary N) is 1. The van der Waals surface area contributed by atoms with Crippen molar-refractivity contribution in [1.29, 1.82) is 0 Å². The molecule has 0 aliphatic carbocycles. The first-order valence-corrected chi connectivity index (χ1v) is 5.64. The summed E-state index contributed by atoms with van der Waals surface area (Å²) in [4.78, 5) is 13.0. The Bertz CT molecular complexity index is 223. The predicted octanol–water partition coefficient (Wildman–Crippen LogP) is 0.765. The number of carboxylic acids is 1. The van der Waals surface area contributed by atoms with Crippen LogP contribution in [0.15, 0.2) is 0 Å². The zero-order valence-corrected chi connectivity index (χ0v) is 9.81. The third kappa shape index (κ3) is 3.18. The summed E-state index contributed by atoms with van der Waals surface area (Å²) >= 11 is 0. The molecular formula is C11H22N2O2. The minimum Gasteiger partial charge on any atom is -0.480 e. The zero-order chi connectivity index (χ0) is 11.6. The standard InChI is InChI=1S/C11H22N2O2/c1-7-4-8(2)6-13(5-7)9(3)10(12)11(14)15/h7-10H,4-6,12H2,1-3H3,(H,14,15). The SMILES string of the molecule is CC1CC(C)CN(C(C)C(N)C(=O)O)C1. The van der Waals surface area contributed by atoms with Crippen molar-refractivity contribution in [3.8, 4) is 0 Å². The van der Waals surface area contributed by atoms with E-state index in [0.717, 1.165) is 13.1 Å². The smallest absolute Gasteiger partial charge is 0.322 e. The van der Waals surface area contributed by atoms with E-state index in [1.807, 2.05) is 6.92 Å². The summed E-state index contributed by atoms with van der Waals surface area (Å²) in [6, 6.07) is -0.852. The van der Waals surface area contributed by atoms with E-state index in [9.17, 15) is 4.79 Å². The fourth-order valence-corrected chi connectivity index (χ4v) is 2.48. The van der Waals surface area contributed by atoms with Gasteiger partial charge in [-0.2, -0.15) is 0 Å². The molecule has 1 heterocycles. The number of hydrogen-bond acceptors (Lipinski definition) is 3. The number of rotatable bonds is 3. The van der Waals surface area contributed by atoms with Crippen LogP contribution in [0.25, 0.3) is 0 Å². The molecule has 0 amide bonds. The van der Waals surface area contributed by atoms with Crippen LogP contribution < -0.4 is 5.73 Å². The van der Waals surface area contributed by atoms with Gasteiger partial charge in [0.15, 0.2) is 0 Å². The lowest BCUT2D eigenvalue weighted by atomic mass is 9.90. The number of hydrogen-bond donors (Lipinski definition) is 2. The van der Waals surface area contributed by atoms with Gasteiger partial charge in [0.05, 0.1) is 0 Å². The molecule has 0 aromatic carbocycles. The van der Waals surface area contributed by atoms with Crippen LogP contribution in [0.1, 0.15) is 27.2 Å². The highest BCUT2D eigenvalue weighted by Crippen LogP contribution is 2.23. The van der Waals surface area contributed by atoms with Crippen LogP contribution in [0.3, 0.4) is 0 Å². The van der Waals surface area contributed by atoms with Gasteiger partial charge in [-0.25, -0.2) is 0 Å². The van der Waals surface area contributed by atoms with Crippen molar-refractivity contribution in [3.05, 3.63) is 0 Å². The molecule has 4 unspecified atom stereocenters. The van der Waals surface area contributed by atoms with E-state index < -0.39 is 12.0 Å². The van der Waals surface area contributed by atoms with Gasteiger partial charge in [0.25, 0.3) is 0 Å². The maximum atomic E-state index is 10.8. The molecule has 4 nitrogen and oxygen atoms in total. The van der Waals surface area contributed by atoms with Gasteiger partial charge in [-0.3, -0.25) is 9.69 Å². The molecule has 0 aromatic heterocycles. The Morgan fingerprint density at radius 3 is 2.27 bits per heavy atom. The summed E-state index contributed by atoms with van der Waals surface area (Å²) < 4.78 is 0. The average Bonchev–Trinajstić information content (AvgIpc) is 2.13. The Balaban J connectivity index is 2.58. The average molecular weight is 214 g/mol. The number of nitrogens with zero attached hydrogens (tertiary/aromatic N) is 1. The normalized spacial score (nSPS) is 32.3. The van der Waals surface area contributed by atoms with Crippen LogP contribution >= 0.6 is 0 Å². The molecule has 0 saturated carbocycles. The number of carboxylic acid groups (broad SMARTS) is 1. The molecular weight excluding hydrogens is 192 g/mol. The van der Waals surface area contributed by atoms with Crippen molar-refractivity contribution in [2.45, 2.75) is 39.3 Å². The molecule has 1 saturated heterocycles. The first-order chi connectivity index (χ1) is 6.91. The molecule has 15 heavy (non-hydrogen) atoms. The second-order valence-corrected chi connectivity index (χ2v) is 5.00.